The fraction of sp³-hybridized carbons (Fsp3) is 0.400. The quantitative estimate of drug-likeness (QED) is 0.677. The second-order valence-corrected chi connectivity index (χ2v) is 3.34. The van der Waals surface area contributed by atoms with Gasteiger partial charge in [0, 0.05) is 6.54 Å². The van der Waals surface area contributed by atoms with Crippen LogP contribution in [0.5, 0.6) is 5.75 Å². The Hall–Kier alpha value is -1.22. The Morgan fingerprint density at radius 2 is 2.46 bits per heavy atom. The van der Waals surface area contributed by atoms with E-state index in [2.05, 4.69) is 5.32 Å². The van der Waals surface area contributed by atoms with E-state index in [1.54, 1.807) is 0 Å². The van der Waals surface area contributed by atoms with Crippen LogP contribution in [0.25, 0.3) is 0 Å². The molecule has 0 saturated heterocycles. The van der Waals surface area contributed by atoms with Gasteiger partial charge in [0.15, 0.2) is 0 Å². The second kappa shape index (κ2) is 3.26. The van der Waals surface area contributed by atoms with E-state index in [1.165, 1.54) is 5.56 Å². The van der Waals surface area contributed by atoms with E-state index in [4.69, 9.17) is 10.5 Å². The van der Waals surface area contributed by atoms with E-state index in [-0.39, 0.29) is 6.04 Å². The zero-order chi connectivity index (χ0) is 9.26. The SMILES string of the molecule is Cc1cccc2c1OCC(CN)N2. The van der Waals surface area contributed by atoms with E-state index in [1.807, 2.05) is 25.1 Å². The summed E-state index contributed by atoms with van der Waals surface area (Å²) in [5.41, 5.74) is 7.78. The number of para-hydroxylation sites is 1. The van der Waals surface area contributed by atoms with Crippen molar-refractivity contribution in [1.82, 2.24) is 0 Å². The van der Waals surface area contributed by atoms with Crippen LogP contribution in [0.2, 0.25) is 0 Å². The first-order valence-corrected chi connectivity index (χ1v) is 4.50. The smallest absolute Gasteiger partial charge is 0.145 e. The molecule has 13 heavy (non-hydrogen) atoms. The lowest BCUT2D eigenvalue weighted by Gasteiger charge is -2.27. The fourth-order valence-corrected chi connectivity index (χ4v) is 1.53. The summed E-state index contributed by atoms with van der Waals surface area (Å²) in [6.45, 7) is 3.31. The van der Waals surface area contributed by atoms with Crippen molar-refractivity contribution in [3.05, 3.63) is 23.8 Å². The first kappa shape index (κ1) is 8.38. The highest BCUT2D eigenvalue weighted by Crippen LogP contribution is 2.31. The Labute approximate surface area is 77.9 Å². The molecular formula is C10H14N2O. The average molecular weight is 178 g/mol. The van der Waals surface area contributed by atoms with Crippen LogP contribution in [0.3, 0.4) is 0 Å². The topological polar surface area (TPSA) is 47.3 Å². The van der Waals surface area contributed by atoms with E-state index < -0.39 is 0 Å². The number of benzene rings is 1. The minimum Gasteiger partial charge on any atom is -0.489 e. The molecule has 1 heterocycles. The van der Waals surface area contributed by atoms with Gasteiger partial charge in [-0.25, -0.2) is 0 Å². The maximum Gasteiger partial charge on any atom is 0.145 e. The molecule has 1 unspecified atom stereocenters. The van der Waals surface area contributed by atoms with Gasteiger partial charge in [0.05, 0.1) is 11.7 Å². The molecule has 0 bridgehead atoms. The lowest BCUT2D eigenvalue weighted by atomic mass is 10.1. The maximum atomic E-state index is 5.62. The lowest BCUT2D eigenvalue weighted by Crippen LogP contribution is -2.37. The first-order valence-electron chi connectivity index (χ1n) is 4.50. The van der Waals surface area contributed by atoms with Crippen molar-refractivity contribution < 1.29 is 4.74 Å². The number of aryl methyl sites for hydroxylation is 1. The highest BCUT2D eigenvalue weighted by Gasteiger charge is 2.18. The molecule has 0 spiro atoms. The van der Waals surface area contributed by atoms with Gasteiger partial charge in [-0.3, -0.25) is 0 Å². The maximum absolute atomic E-state index is 5.62. The predicted octanol–water partition coefficient (Wildman–Crippen LogP) is 1.13. The number of rotatable bonds is 1. The number of anilines is 1. The summed E-state index contributed by atoms with van der Waals surface area (Å²) in [6.07, 6.45) is 0. The van der Waals surface area contributed by atoms with Crippen molar-refractivity contribution in [3.63, 3.8) is 0 Å². The summed E-state index contributed by atoms with van der Waals surface area (Å²) in [5.74, 6) is 0.965. The normalized spacial score (nSPS) is 20.0. The molecule has 0 radical (unpaired) electrons. The number of ether oxygens (including phenoxy) is 1. The summed E-state index contributed by atoms with van der Waals surface area (Å²) in [4.78, 5) is 0. The van der Waals surface area contributed by atoms with Gasteiger partial charge in [-0.05, 0) is 18.6 Å². The van der Waals surface area contributed by atoms with Gasteiger partial charge in [-0.15, -0.1) is 0 Å². The van der Waals surface area contributed by atoms with Crippen LogP contribution < -0.4 is 15.8 Å². The molecular weight excluding hydrogens is 164 g/mol. The number of fused-ring (bicyclic) bond motifs is 1. The van der Waals surface area contributed by atoms with Gasteiger partial charge in [-0.1, -0.05) is 12.1 Å². The summed E-state index contributed by atoms with van der Waals surface area (Å²) in [6, 6.07) is 6.32. The van der Waals surface area contributed by atoms with E-state index in [0.29, 0.717) is 13.2 Å². The largest absolute Gasteiger partial charge is 0.489 e. The van der Waals surface area contributed by atoms with E-state index >= 15 is 0 Å². The molecule has 1 atom stereocenters. The zero-order valence-corrected chi connectivity index (χ0v) is 7.71. The molecule has 0 aromatic heterocycles. The molecule has 1 aromatic rings. The fourth-order valence-electron chi connectivity index (χ4n) is 1.53. The third kappa shape index (κ3) is 1.47. The Kier molecular flexibility index (Phi) is 2.10. The van der Waals surface area contributed by atoms with Gasteiger partial charge >= 0.3 is 0 Å². The molecule has 3 N–H and O–H groups in total. The van der Waals surface area contributed by atoms with Crippen LogP contribution in [0.4, 0.5) is 5.69 Å². The summed E-state index contributed by atoms with van der Waals surface area (Å²) in [5, 5.41) is 3.34. The van der Waals surface area contributed by atoms with Crippen LogP contribution in [0, 0.1) is 6.92 Å². The third-order valence-corrected chi connectivity index (χ3v) is 2.28. The molecule has 1 aromatic carbocycles. The van der Waals surface area contributed by atoms with Gasteiger partial charge in [0.2, 0.25) is 0 Å². The lowest BCUT2D eigenvalue weighted by molar-refractivity contribution is 0.285. The van der Waals surface area contributed by atoms with Crippen molar-refractivity contribution >= 4 is 5.69 Å². The number of nitrogens with two attached hydrogens (primary N) is 1. The molecule has 0 aliphatic carbocycles. The molecule has 3 nitrogen and oxygen atoms in total. The summed E-state index contributed by atoms with van der Waals surface area (Å²) < 4.78 is 5.62. The van der Waals surface area contributed by atoms with Gasteiger partial charge in [-0.2, -0.15) is 0 Å². The van der Waals surface area contributed by atoms with Gasteiger partial charge < -0.3 is 15.8 Å². The highest BCUT2D eigenvalue weighted by atomic mass is 16.5. The van der Waals surface area contributed by atoms with E-state index in [9.17, 15) is 0 Å². The van der Waals surface area contributed by atoms with Gasteiger partial charge in [0.1, 0.15) is 12.4 Å². The monoisotopic (exact) mass is 178 g/mol. The van der Waals surface area contributed by atoms with Crippen molar-refractivity contribution in [2.45, 2.75) is 13.0 Å². The van der Waals surface area contributed by atoms with Crippen LogP contribution in [-0.4, -0.2) is 19.2 Å². The summed E-state index contributed by atoms with van der Waals surface area (Å²) in [7, 11) is 0. The third-order valence-electron chi connectivity index (χ3n) is 2.28. The Balaban J connectivity index is 2.31. The minimum atomic E-state index is 0.245. The number of hydrogen-bond acceptors (Lipinski definition) is 3. The standard InChI is InChI=1S/C10H14N2O/c1-7-3-2-4-9-10(7)13-6-8(5-11)12-9/h2-4,8,12H,5-6,11H2,1H3. The second-order valence-electron chi connectivity index (χ2n) is 3.34. The molecule has 1 aliphatic heterocycles. The minimum absolute atomic E-state index is 0.245. The Morgan fingerprint density at radius 3 is 3.23 bits per heavy atom. The average Bonchev–Trinajstić information content (AvgIpc) is 2.18. The van der Waals surface area contributed by atoms with Crippen LogP contribution in [0.15, 0.2) is 18.2 Å². The Morgan fingerprint density at radius 1 is 1.62 bits per heavy atom. The molecule has 70 valence electrons. The van der Waals surface area contributed by atoms with Crippen LogP contribution in [0.1, 0.15) is 5.56 Å². The Bertz CT molecular complexity index is 312. The first-order chi connectivity index (χ1) is 6.31. The molecule has 2 rings (SSSR count). The summed E-state index contributed by atoms with van der Waals surface area (Å²) >= 11 is 0. The molecule has 1 aliphatic rings. The van der Waals surface area contributed by atoms with Crippen molar-refractivity contribution in [3.8, 4) is 5.75 Å². The molecule has 0 fully saturated rings. The van der Waals surface area contributed by atoms with Crippen molar-refractivity contribution in [1.29, 1.82) is 0 Å². The van der Waals surface area contributed by atoms with E-state index in [0.717, 1.165) is 11.4 Å². The van der Waals surface area contributed by atoms with Crippen molar-refractivity contribution in [2.24, 2.45) is 5.73 Å². The number of hydrogen-bond donors (Lipinski definition) is 2. The van der Waals surface area contributed by atoms with Gasteiger partial charge in [0.25, 0.3) is 0 Å². The number of nitrogens with one attached hydrogen (secondary N) is 1. The molecule has 3 heteroatoms. The highest BCUT2D eigenvalue weighted by molar-refractivity contribution is 5.61. The predicted molar refractivity (Wildman–Crippen MR) is 53.1 cm³/mol. The molecule has 0 amide bonds. The van der Waals surface area contributed by atoms with Crippen LogP contribution >= 0.6 is 0 Å². The molecule has 0 saturated carbocycles. The van der Waals surface area contributed by atoms with Crippen molar-refractivity contribution in [2.75, 3.05) is 18.5 Å². The zero-order valence-electron chi connectivity index (χ0n) is 7.71. The van der Waals surface area contributed by atoms with Crippen LogP contribution in [-0.2, 0) is 0 Å².